The van der Waals surface area contributed by atoms with Gasteiger partial charge in [-0.25, -0.2) is 4.98 Å². The monoisotopic (exact) mass is 487 g/mol. The maximum atomic E-state index is 13.2. The van der Waals surface area contributed by atoms with Crippen molar-refractivity contribution in [1.29, 1.82) is 0 Å². The number of rotatable bonds is 7. The Labute approximate surface area is 205 Å². The smallest absolute Gasteiger partial charge is 0.265 e. The fraction of sp³-hybridized carbons (Fsp3) is 0.154. The van der Waals surface area contributed by atoms with E-state index in [2.05, 4.69) is 4.98 Å². The number of amides is 1. The maximum absolute atomic E-state index is 13.2. The summed E-state index contributed by atoms with van der Waals surface area (Å²) in [7, 11) is 3.03. The van der Waals surface area contributed by atoms with E-state index in [-0.39, 0.29) is 24.8 Å². The fourth-order valence-corrected chi connectivity index (χ4v) is 4.61. The van der Waals surface area contributed by atoms with Gasteiger partial charge in [-0.15, -0.1) is 11.3 Å². The quantitative estimate of drug-likeness (QED) is 0.355. The molecule has 0 unspecified atom stereocenters. The minimum absolute atomic E-state index is 0.139. The molecule has 0 radical (unpaired) electrons. The normalized spacial score (nSPS) is 12.6. The second-order valence-corrected chi connectivity index (χ2v) is 8.55. The Morgan fingerprint density at radius 1 is 1.09 bits per heavy atom. The Kier molecular flexibility index (Phi) is 6.15. The van der Waals surface area contributed by atoms with Gasteiger partial charge in [0.1, 0.15) is 22.3 Å². The van der Waals surface area contributed by atoms with Crippen molar-refractivity contribution in [3.8, 4) is 39.2 Å². The van der Waals surface area contributed by atoms with Crippen molar-refractivity contribution in [3.63, 3.8) is 0 Å². The third kappa shape index (κ3) is 4.45. The first-order valence-corrected chi connectivity index (χ1v) is 11.6. The highest BCUT2D eigenvalue weighted by Crippen LogP contribution is 2.37. The van der Waals surface area contributed by atoms with Gasteiger partial charge in [-0.3, -0.25) is 19.5 Å². The van der Waals surface area contributed by atoms with Gasteiger partial charge >= 0.3 is 0 Å². The lowest BCUT2D eigenvalue weighted by molar-refractivity contribution is -0.121. The maximum Gasteiger partial charge on any atom is 0.265 e. The van der Waals surface area contributed by atoms with Gasteiger partial charge in [-0.2, -0.15) is 0 Å². The second kappa shape index (κ2) is 9.55. The van der Waals surface area contributed by atoms with Crippen molar-refractivity contribution in [2.45, 2.75) is 0 Å². The van der Waals surface area contributed by atoms with Crippen LogP contribution in [-0.4, -0.2) is 49.0 Å². The third-order valence-corrected chi connectivity index (χ3v) is 6.46. The van der Waals surface area contributed by atoms with Crippen molar-refractivity contribution in [2.24, 2.45) is 0 Å². The Hall–Kier alpha value is -4.24. The summed E-state index contributed by atoms with van der Waals surface area (Å²) >= 11 is 1.49. The molecule has 4 aromatic rings. The van der Waals surface area contributed by atoms with Crippen LogP contribution in [0.5, 0.6) is 17.2 Å². The first kappa shape index (κ1) is 22.5. The van der Waals surface area contributed by atoms with Gasteiger partial charge in [-0.05, 0) is 42.5 Å². The van der Waals surface area contributed by atoms with E-state index < -0.39 is 0 Å². The number of carbonyl (C=O) groups is 2. The predicted octanol–water partition coefficient (Wildman–Crippen LogP) is 4.50. The van der Waals surface area contributed by atoms with Gasteiger partial charge in [-0.1, -0.05) is 6.07 Å². The summed E-state index contributed by atoms with van der Waals surface area (Å²) in [5, 5.41) is 2.74. The molecule has 1 aliphatic heterocycles. The summed E-state index contributed by atoms with van der Waals surface area (Å²) in [6.45, 7) is -0.294. The van der Waals surface area contributed by atoms with Crippen LogP contribution in [0.2, 0.25) is 0 Å². The van der Waals surface area contributed by atoms with Crippen molar-refractivity contribution < 1.29 is 23.8 Å². The van der Waals surface area contributed by atoms with Crippen LogP contribution in [-0.2, 0) is 4.79 Å². The number of thiazole rings is 1. The molecule has 9 heteroatoms. The minimum atomic E-state index is -0.303. The lowest BCUT2D eigenvalue weighted by atomic mass is 10.1. The highest BCUT2D eigenvalue weighted by molar-refractivity contribution is 7.13. The molecule has 0 atom stereocenters. The molecule has 0 spiro atoms. The number of carbonyl (C=O) groups excluding carboxylic acids is 2. The van der Waals surface area contributed by atoms with E-state index in [1.54, 1.807) is 37.6 Å². The van der Waals surface area contributed by atoms with E-state index in [4.69, 9.17) is 19.2 Å². The zero-order chi connectivity index (χ0) is 24.4. The topological polar surface area (TPSA) is 90.9 Å². The molecule has 5 rings (SSSR count). The molecule has 1 aliphatic rings. The van der Waals surface area contributed by atoms with Crippen LogP contribution in [0.25, 0.3) is 22.0 Å². The van der Waals surface area contributed by atoms with Crippen LogP contribution in [0.15, 0.2) is 66.2 Å². The SMILES string of the molecule is COc1ccc(C(=O)CN2C(=O)COc3ccc(-c4csc(-c5ccccn5)n4)cc32)c(OC)c1. The number of nitrogens with zero attached hydrogens (tertiary/aromatic N) is 3. The Morgan fingerprint density at radius 3 is 2.74 bits per heavy atom. The first-order chi connectivity index (χ1) is 17.1. The average Bonchev–Trinajstić information content (AvgIpc) is 3.40. The Morgan fingerprint density at radius 2 is 1.97 bits per heavy atom. The molecule has 2 aromatic carbocycles. The van der Waals surface area contributed by atoms with Gasteiger partial charge in [0.25, 0.3) is 5.91 Å². The van der Waals surface area contributed by atoms with E-state index in [1.807, 2.05) is 35.7 Å². The van der Waals surface area contributed by atoms with Crippen molar-refractivity contribution in [2.75, 3.05) is 32.3 Å². The highest BCUT2D eigenvalue weighted by Gasteiger charge is 2.29. The molecule has 0 bridgehead atoms. The fourth-order valence-electron chi connectivity index (χ4n) is 3.81. The molecule has 2 aromatic heterocycles. The van der Waals surface area contributed by atoms with Crippen molar-refractivity contribution in [3.05, 3.63) is 71.7 Å². The van der Waals surface area contributed by atoms with Crippen LogP contribution in [0, 0.1) is 0 Å². The van der Waals surface area contributed by atoms with Crippen LogP contribution >= 0.6 is 11.3 Å². The van der Waals surface area contributed by atoms with Gasteiger partial charge in [0.15, 0.2) is 12.4 Å². The molecule has 0 N–H and O–H groups in total. The largest absolute Gasteiger partial charge is 0.497 e. The lowest BCUT2D eigenvalue weighted by Crippen LogP contribution is -2.42. The Balaban J connectivity index is 1.45. The zero-order valence-corrected chi connectivity index (χ0v) is 19.9. The van der Waals surface area contributed by atoms with Crippen LogP contribution < -0.4 is 19.1 Å². The van der Waals surface area contributed by atoms with Crippen molar-refractivity contribution in [1.82, 2.24) is 9.97 Å². The third-order valence-electron chi connectivity index (χ3n) is 5.60. The summed E-state index contributed by atoms with van der Waals surface area (Å²) in [6, 6.07) is 16.1. The number of aromatic nitrogens is 2. The molecule has 0 saturated carbocycles. The van der Waals surface area contributed by atoms with E-state index >= 15 is 0 Å². The average molecular weight is 488 g/mol. The molecule has 0 fully saturated rings. The van der Waals surface area contributed by atoms with Gasteiger partial charge < -0.3 is 14.2 Å². The molecule has 0 aliphatic carbocycles. The summed E-state index contributed by atoms with van der Waals surface area (Å²) in [4.78, 5) is 36.5. The van der Waals surface area contributed by atoms with E-state index in [9.17, 15) is 9.59 Å². The first-order valence-electron chi connectivity index (χ1n) is 10.8. The second-order valence-electron chi connectivity index (χ2n) is 7.69. The van der Waals surface area contributed by atoms with Crippen LogP contribution in [0.4, 0.5) is 5.69 Å². The number of ketones is 1. The zero-order valence-electron chi connectivity index (χ0n) is 19.1. The molecule has 3 heterocycles. The van der Waals surface area contributed by atoms with Gasteiger partial charge in [0.05, 0.1) is 43.4 Å². The predicted molar refractivity (Wildman–Crippen MR) is 133 cm³/mol. The number of Topliss-reactive ketones (excluding diaryl/α,β-unsaturated/α-hetero) is 1. The molecular formula is C26H21N3O5S. The summed E-state index contributed by atoms with van der Waals surface area (Å²) in [5.74, 6) is 0.922. The van der Waals surface area contributed by atoms with Crippen LogP contribution in [0.3, 0.4) is 0 Å². The van der Waals surface area contributed by atoms with Gasteiger partial charge in [0.2, 0.25) is 0 Å². The number of pyridine rings is 1. The van der Waals surface area contributed by atoms with E-state index in [0.717, 1.165) is 22.0 Å². The number of hydrogen-bond donors (Lipinski definition) is 0. The molecule has 8 nitrogen and oxygen atoms in total. The summed E-state index contributed by atoms with van der Waals surface area (Å²) in [6.07, 6.45) is 1.73. The lowest BCUT2D eigenvalue weighted by Gasteiger charge is -2.29. The van der Waals surface area contributed by atoms with Crippen molar-refractivity contribution >= 4 is 28.7 Å². The van der Waals surface area contributed by atoms with Crippen LogP contribution in [0.1, 0.15) is 10.4 Å². The molecular weight excluding hydrogens is 466 g/mol. The molecule has 35 heavy (non-hydrogen) atoms. The number of ether oxygens (including phenoxy) is 3. The number of anilines is 1. The van der Waals surface area contributed by atoms with Gasteiger partial charge in [0, 0.05) is 23.2 Å². The standard InChI is InChI=1S/C26H21N3O5S/c1-32-17-7-8-18(24(12-17)33-2)22(30)13-29-21-11-16(6-9-23(21)34-14-25(29)31)20-15-35-26(28-20)19-5-3-4-10-27-19/h3-12,15H,13-14H2,1-2H3. The Bertz CT molecular complexity index is 1400. The number of methoxy groups -OCH3 is 2. The molecule has 0 saturated heterocycles. The summed E-state index contributed by atoms with van der Waals surface area (Å²) < 4.78 is 16.2. The number of benzene rings is 2. The summed E-state index contributed by atoms with van der Waals surface area (Å²) in [5.41, 5.74) is 3.23. The highest BCUT2D eigenvalue weighted by atomic mass is 32.1. The molecule has 176 valence electrons. The number of fused-ring (bicyclic) bond motifs is 1. The van der Waals surface area contributed by atoms with E-state index in [0.29, 0.717) is 28.5 Å². The van der Waals surface area contributed by atoms with E-state index in [1.165, 1.54) is 23.3 Å². The minimum Gasteiger partial charge on any atom is -0.497 e. The molecule has 1 amide bonds. The number of hydrogen-bond acceptors (Lipinski definition) is 8.